The quantitative estimate of drug-likeness (QED) is 0.437. The minimum atomic E-state index is -0.395. The first-order chi connectivity index (χ1) is 17.0. The van der Waals surface area contributed by atoms with Crippen LogP contribution in [0.5, 0.6) is 5.75 Å². The van der Waals surface area contributed by atoms with Gasteiger partial charge in [0, 0.05) is 30.3 Å². The number of rotatable bonds is 2. The van der Waals surface area contributed by atoms with Crippen molar-refractivity contribution in [3.8, 4) is 11.9 Å². The van der Waals surface area contributed by atoms with Crippen LogP contribution in [0.2, 0.25) is 0 Å². The van der Waals surface area contributed by atoms with Crippen molar-refractivity contribution in [1.82, 2.24) is 14.5 Å². The van der Waals surface area contributed by atoms with E-state index in [2.05, 4.69) is 26.5 Å². The monoisotopic (exact) mass is 469 g/mol. The summed E-state index contributed by atoms with van der Waals surface area (Å²) in [7, 11) is 2.06. The molecule has 0 radical (unpaired) electrons. The first-order valence-electron chi connectivity index (χ1n) is 11.3. The molecule has 1 aromatic heterocycles. The molecule has 0 saturated carbocycles. The van der Waals surface area contributed by atoms with Gasteiger partial charge in [0.25, 0.3) is 0 Å². The van der Waals surface area contributed by atoms with Crippen molar-refractivity contribution in [2.24, 2.45) is 4.99 Å². The third-order valence-corrected chi connectivity index (χ3v) is 6.61. The highest BCUT2D eigenvalue weighted by atomic mass is 19.1. The molecule has 1 fully saturated rings. The number of ether oxygens (including phenoxy) is 1. The molecule has 0 amide bonds. The number of nitrogens with zero attached hydrogens (tertiary/aromatic N) is 4. The van der Waals surface area contributed by atoms with Crippen LogP contribution in [-0.4, -0.2) is 34.6 Å². The number of likely N-dealkylation sites (tertiary alicyclic amines) is 1. The molecule has 4 aromatic rings. The number of H-pyrrole nitrogens is 1. The number of imidazole rings is 1. The van der Waals surface area contributed by atoms with Crippen molar-refractivity contribution in [3.63, 3.8) is 0 Å². The maximum atomic E-state index is 14.0. The van der Waals surface area contributed by atoms with Gasteiger partial charge in [-0.25, -0.2) is 8.78 Å². The lowest BCUT2D eigenvalue weighted by atomic mass is 9.92. The van der Waals surface area contributed by atoms with Gasteiger partial charge in [-0.1, -0.05) is 12.1 Å². The van der Waals surface area contributed by atoms with Gasteiger partial charge >= 0.3 is 0 Å². The van der Waals surface area contributed by atoms with E-state index in [4.69, 9.17) is 4.74 Å². The van der Waals surface area contributed by atoms with Gasteiger partial charge in [-0.2, -0.15) is 5.26 Å². The van der Waals surface area contributed by atoms with Crippen molar-refractivity contribution in [3.05, 3.63) is 94.1 Å². The Kier molecular flexibility index (Phi) is 5.01. The van der Waals surface area contributed by atoms with Crippen molar-refractivity contribution >= 4 is 22.7 Å². The summed E-state index contributed by atoms with van der Waals surface area (Å²) in [4.78, 5) is 9.48. The number of nitriles is 1. The van der Waals surface area contributed by atoms with Gasteiger partial charge in [0.15, 0.2) is 0 Å². The van der Waals surface area contributed by atoms with Crippen LogP contribution in [0.3, 0.4) is 0 Å². The lowest BCUT2D eigenvalue weighted by Crippen LogP contribution is -2.47. The van der Waals surface area contributed by atoms with E-state index < -0.39 is 5.82 Å². The van der Waals surface area contributed by atoms with E-state index in [-0.39, 0.29) is 18.5 Å². The summed E-state index contributed by atoms with van der Waals surface area (Å²) in [5.74, 6) is -0.333. The average molecular weight is 469 g/mol. The topological polar surface area (TPSA) is 69.3 Å². The Hall–Kier alpha value is -4.22. The Labute approximate surface area is 200 Å². The molecular formula is C27H21F2N5O. The van der Waals surface area contributed by atoms with Crippen LogP contribution in [0.15, 0.2) is 59.6 Å². The fourth-order valence-electron chi connectivity index (χ4n) is 4.98. The first-order valence-corrected chi connectivity index (χ1v) is 11.3. The van der Waals surface area contributed by atoms with E-state index >= 15 is 0 Å². The van der Waals surface area contributed by atoms with E-state index in [9.17, 15) is 14.0 Å². The molecule has 2 aliphatic heterocycles. The zero-order chi connectivity index (χ0) is 24.1. The van der Waals surface area contributed by atoms with Gasteiger partial charge in [-0.3, -0.25) is 0 Å². The van der Waals surface area contributed by atoms with Gasteiger partial charge in [-0.05, 0) is 66.2 Å². The molecule has 0 aliphatic carbocycles. The third-order valence-electron chi connectivity index (χ3n) is 6.61. The second-order valence-corrected chi connectivity index (χ2v) is 8.97. The molecule has 1 N–H and O–H groups in total. The summed E-state index contributed by atoms with van der Waals surface area (Å²) >= 11 is 0. The normalized spacial score (nSPS) is 17.4. The second-order valence-electron chi connectivity index (χ2n) is 8.97. The predicted molar refractivity (Wildman–Crippen MR) is 128 cm³/mol. The molecule has 6 rings (SSSR count). The number of halogens is 2. The number of nitrogens with one attached hydrogen (secondary N) is 1. The number of aromatic amines is 1. The minimum Gasteiger partial charge on any atom is -0.488 e. The molecular weight excluding hydrogens is 448 g/mol. The van der Waals surface area contributed by atoms with Crippen molar-refractivity contribution < 1.29 is 13.5 Å². The second kappa shape index (κ2) is 8.22. The van der Waals surface area contributed by atoms with Crippen molar-refractivity contribution in [1.29, 1.82) is 5.26 Å². The molecule has 174 valence electrons. The molecule has 1 saturated heterocycles. The highest BCUT2D eigenvalue weighted by molar-refractivity contribution is 5.95. The van der Waals surface area contributed by atoms with Crippen LogP contribution >= 0.6 is 0 Å². The molecule has 0 spiro atoms. The number of hydrogen-bond acceptors (Lipinski definition) is 4. The van der Waals surface area contributed by atoms with Crippen LogP contribution in [-0.2, 0) is 6.61 Å². The summed E-state index contributed by atoms with van der Waals surface area (Å²) < 4.78 is 35.9. The van der Waals surface area contributed by atoms with E-state index in [0.29, 0.717) is 16.9 Å². The molecule has 0 unspecified atom stereocenters. The number of benzene rings is 3. The molecule has 0 atom stereocenters. The van der Waals surface area contributed by atoms with Crippen LogP contribution in [0.25, 0.3) is 22.7 Å². The Morgan fingerprint density at radius 2 is 1.83 bits per heavy atom. The number of fused-ring (bicyclic) bond motifs is 3. The molecule has 2 aliphatic rings. The maximum Gasteiger partial charge on any atom is 0.219 e. The fraction of sp³-hybridized carbons (Fsp3) is 0.185. The molecule has 3 aromatic carbocycles. The molecule has 0 bridgehead atoms. The van der Waals surface area contributed by atoms with Crippen LogP contribution in [0, 0.1) is 23.1 Å². The molecule has 35 heavy (non-hydrogen) atoms. The number of likely N-dealkylation sites (N-methyl/N-ethyl adjacent to an activating group) is 1. The van der Waals surface area contributed by atoms with Crippen LogP contribution in [0.4, 0.5) is 8.78 Å². The highest BCUT2D eigenvalue weighted by Gasteiger charge is 2.27. The number of aromatic nitrogens is 2. The Bertz CT molecular complexity index is 1560. The lowest BCUT2D eigenvalue weighted by molar-refractivity contribution is 0.140. The molecule has 6 nitrogen and oxygen atoms in total. The largest absolute Gasteiger partial charge is 0.488 e. The predicted octanol–water partition coefficient (Wildman–Crippen LogP) is 4.60. The average Bonchev–Trinajstić information content (AvgIpc) is 3.09. The Morgan fingerprint density at radius 3 is 2.60 bits per heavy atom. The van der Waals surface area contributed by atoms with E-state index in [0.717, 1.165) is 46.4 Å². The van der Waals surface area contributed by atoms with Gasteiger partial charge < -0.3 is 19.2 Å². The van der Waals surface area contributed by atoms with E-state index in [1.54, 1.807) is 12.1 Å². The van der Waals surface area contributed by atoms with Gasteiger partial charge in [-0.15, -0.1) is 4.99 Å². The summed E-state index contributed by atoms with van der Waals surface area (Å²) in [5, 5.41) is 9.18. The fourth-order valence-corrected chi connectivity index (χ4v) is 4.98. The summed E-state index contributed by atoms with van der Waals surface area (Å²) in [6.45, 7) is 1.92. The third kappa shape index (κ3) is 3.70. The van der Waals surface area contributed by atoms with E-state index in [1.165, 1.54) is 24.3 Å². The zero-order valence-electron chi connectivity index (χ0n) is 18.9. The first kappa shape index (κ1) is 21.3. The van der Waals surface area contributed by atoms with Crippen molar-refractivity contribution in [2.45, 2.75) is 12.6 Å². The van der Waals surface area contributed by atoms with Crippen LogP contribution in [0.1, 0.15) is 28.3 Å². The molecule has 3 heterocycles. The van der Waals surface area contributed by atoms with E-state index in [1.807, 2.05) is 30.5 Å². The summed E-state index contributed by atoms with van der Waals surface area (Å²) in [6.07, 6.45) is 3.88. The smallest absolute Gasteiger partial charge is 0.219 e. The minimum absolute atomic E-state index is 0.144. The zero-order valence-corrected chi connectivity index (χ0v) is 18.9. The van der Waals surface area contributed by atoms with Gasteiger partial charge in [0.2, 0.25) is 11.8 Å². The maximum absolute atomic E-state index is 14.0. The Balaban J connectivity index is 1.52. The standard InChI is InChI=1S/C27H21F2N5O/c1-33-12-20(13-33)34-25-7-2-16(9-24(25)32-27(34)31-15-30)8-23-21-5-3-18(28)10-17(21)14-35-26-11-19(29)4-6-22(23)26/h2-11,20H,12-14H2,1H3,(H,31,32). The lowest BCUT2D eigenvalue weighted by Gasteiger charge is -2.37. The van der Waals surface area contributed by atoms with Crippen LogP contribution < -0.4 is 10.4 Å². The number of hydrogen-bond donors (Lipinski definition) is 1. The Morgan fingerprint density at radius 1 is 1.06 bits per heavy atom. The summed E-state index contributed by atoms with van der Waals surface area (Å²) in [5.41, 5.74) is 6.30. The SMILES string of the molecule is CN1CC(n2c(=NC#N)[nH]c3cc(C=C4c5ccc(F)cc5COc5cc(F)ccc54)ccc32)C1. The van der Waals surface area contributed by atoms with Gasteiger partial charge in [0.05, 0.1) is 17.1 Å². The highest BCUT2D eigenvalue weighted by Crippen LogP contribution is 2.38. The molecule has 8 heteroatoms. The van der Waals surface area contributed by atoms with Crippen molar-refractivity contribution in [2.75, 3.05) is 20.1 Å². The van der Waals surface area contributed by atoms with Gasteiger partial charge in [0.1, 0.15) is 24.0 Å². The summed E-state index contributed by atoms with van der Waals surface area (Å²) in [6, 6.07) is 15.3.